The van der Waals surface area contributed by atoms with Crippen molar-refractivity contribution in [1.29, 1.82) is 0 Å². The highest BCUT2D eigenvalue weighted by Crippen LogP contribution is 2.39. The highest BCUT2D eigenvalue weighted by molar-refractivity contribution is 5.74. The van der Waals surface area contributed by atoms with Gasteiger partial charge in [-0.3, -0.25) is 4.79 Å². The number of carbonyl (C=O) groups excluding carboxylic acids is 1. The van der Waals surface area contributed by atoms with Gasteiger partial charge in [-0.25, -0.2) is 0 Å². The van der Waals surface area contributed by atoms with Crippen LogP contribution in [0.5, 0.6) is 0 Å². The number of ether oxygens (including phenoxy) is 1. The van der Waals surface area contributed by atoms with E-state index in [2.05, 4.69) is 4.74 Å². The first-order chi connectivity index (χ1) is 6.60. The molecule has 0 atom stereocenters. The van der Waals surface area contributed by atoms with Crippen LogP contribution < -0.4 is 0 Å². The largest absolute Gasteiger partial charge is 0.465 e. The van der Waals surface area contributed by atoms with E-state index in [1.54, 1.807) is 0 Å². The van der Waals surface area contributed by atoms with Crippen molar-refractivity contribution in [1.82, 2.24) is 0 Å². The first-order valence-corrected chi connectivity index (χ1v) is 3.90. The Balaban J connectivity index is 4.74. The monoisotopic (exact) mass is 238 g/mol. The van der Waals surface area contributed by atoms with Crippen LogP contribution in [0.15, 0.2) is 0 Å². The zero-order chi connectivity index (χ0) is 12.3. The van der Waals surface area contributed by atoms with Gasteiger partial charge in [0.2, 0.25) is 5.92 Å². The average molecular weight is 238 g/mol. The second-order valence-electron chi connectivity index (χ2n) is 2.68. The van der Waals surface area contributed by atoms with E-state index in [0.717, 1.165) is 0 Å². The van der Waals surface area contributed by atoms with Gasteiger partial charge in [-0.1, -0.05) is 6.92 Å². The lowest BCUT2D eigenvalue weighted by molar-refractivity contribution is -0.281. The van der Waals surface area contributed by atoms with Gasteiger partial charge in [-0.05, 0) is 6.42 Å². The Morgan fingerprint density at radius 1 is 1.13 bits per heavy atom. The van der Waals surface area contributed by atoms with E-state index in [-0.39, 0.29) is 6.42 Å². The third-order valence-electron chi connectivity index (χ3n) is 1.34. The molecule has 0 radical (unpaired) electrons. The molecule has 2 nitrogen and oxygen atoms in total. The highest BCUT2D eigenvalue weighted by atomic mass is 19.4. The molecule has 0 saturated heterocycles. The zero-order valence-corrected chi connectivity index (χ0v) is 7.58. The smallest absolute Gasteiger partial charge is 0.411 e. The molecule has 0 N–H and O–H groups in total. The fraction of sp³-hybridized carbons (Fsp3) is 0.857. The summed E-state index contributed by atoms with van der Waals surface area (Å²) in [6.45, 7) is 0.977. The summed E-state index contributed by atoms with van der Waals surface area (Å²) in [5.41, 5.74) is 0. The number of rotatable bonds is 3. The molecule has 0 aromatic heterocycles. The van der Waals surface area contributed by atoms with Crippen molar-refractivity contribution < 1.29 is 35.9 Å². The first-order valence-electron chi connectivity index (χ1n) is 3.90. The molecule has 0 amide bonds. The normalized spacial score (nSPS) is 13.1. The molecule has 0 heterocycles. The fourth-order valence-electron chi connectivity index (χ4n) is 0.739. The van der Waals surface area contributed by atoms with Crippen molar-refractivity contribution in [2.75, 3.05) is 6.61 Å². The van der Waals surface area contributed by atoms with Gasteiger partial charge in [0, 0.05) is 0 Å². The molecule has 0 rings (SSSR count). The lowest BCUT2D eigenvalue weighted by Gasteiger charge is -2.20. The third kappa shape index (κ3) is 4.39. The van der Waals surface area contributed by atoms with Gasteiger partial charge in [-0.15, -0.1) is 0 Å². The lowest BCUT2D eigenvalue weighted by atomic mass is 10.1. The molecule has 0 aliphatic carbocycles. The molecule has 0 unspecified atom stereocenters. The van der Waals surface area contributed by atoms with Crippen LogP contribution in [0.4, 0.5) is 26.3 Å². The van der Waals surface area contributed by atoms with E-state index in [0.29, 0.717) is 0 Å². The summed E-state index contributed by atoms with van der Waals surface area (Å²) in [7, 11) is 0. The van der Waals surface area contributed by atoms with Crippen molar-refractivity contribution in [3.05, 3.63) is 0 Å². The van der Waals surface area contributed by atoms with Gasteiger partial charge in [-0.2, -0.15) is 26.3 Å². The van der Waals surface area contributed by atoms with Crippen LogP contribution in [0.2, 0.25) is 0 Å². The lowest BCUT2D eigenvalue weighted by Crippen LogP contribution is -2.43. The Bertz CT molecular complexity index is 205. The van der Waals surface area contributed by atoms with E-state index in [4.69, 9.17) is 0 Å². The number of halogens is 6. The summed E-state index contributed by atoms with van der Waals surface area (Å²) in [5, 5.41) is 0. The topological polar surface area (TPSA) is 26.3 Å². The van der Waals surface area contributed by atoms with Gasteiger partial charge in [0.15, 0.2) is 0 Å². The van der Waals surface area contributed by atoms with Gasteiger partial charge in [0.1, 0.15) is 0 Å². The Kier molecular flexibility index (Phi) is 4.42. The minimum atomic E-state index is -5.68. The minimum Gasteiger partial charge on any atom is -0.465 e. The van der Waals surface area contributed by atoms with Crippen molar-refractivity contribution in [2.24, 2.45) is 5.92 Å². The predicted molar refractivity (Wildman–Crippen MR) is 36.9 cm³/mol. The third-order valence-corrected chi connectivity index (χ3v) is 1.34. The summed E-state index contributed by atoms with van der Waals surface area (Å²) in [6, 6.07) is 0. The second-order valence-corrected chi connectivity index (χ2v) is 2.68. The maximum Gasteiger partial charge on any atom is 0.411 e. The Morgan fingerprint density at radius 3 is 1.80 bits per heavy atom. The first kappa shape index (κ1) is 14.0. The van der Waals surface area contributed by atoms with Crippen LogP contribution in [0.3, 0.4) is 0 Å². The van der Waals surface area contributed by atoms with E-state index in [1.165, 1.54) is 6.92 Å². The van der Waals surface area contributed by atoms with Crippen molar-refractivity contribution >= 4 is 5.97 Å². The SMILES string of the molecule is CCCOC(=O)C(C(F)(F)F)C(F)(F)F. The highest BCUT2D eigenvalue weighted by Gasteiger charge is 2.62. The summed E-state index contributed by atoms with van der Waals surface area (Å²) < 4.78 is 75.1. The fourth-order valence-corrected chi connectivity index (χ4v) is 0.739. The van der Waals surface area contributed by atoms with E-state index in [1.807, 2.05) is 0 Å². The molecule has 0 aromatic carbocycles. The number of carbonyl (C=O) groups is 1. The molecule has 0 aliphatic rings. The molecule has 0 bridgehead atoms. The van der Waals surface area contributed by atoms with E-state index >= 15 is 0 Å². The summed E-state index contributed by atoms with van der Waals surface area (Å²) in [6.07, 6.45) is -11.2. The number of hydrogen-bond donors (Lipinski definition) is 0. The van der Waals surface area contributed by atoms with Gasteiger partial charge in [0.05, 0.1) is 6.61 Å². The Labute approximate surface area is 81.2 Å². The number of alkyl halides is 6. The number of esters is 1. The average Bonchev–Trinajstić information content (AvgIpc) is 1.94. The maximum atomic E-state index is 11.9. The van der Waals surface area contributed by atoms with Crippen molar-refractivity contribution in [3.63, 3.8) is 0 Å². The summed E-state index contributed by atoms with van der Waals surface area (Å²) in [5.74, 6) is -6.37. The molecule has 0 aliphatic heterocycles. The molecule has 8 heteroatoms. The molecule has 0 fully saturated rings. The van der Waals surface area contributed by atoms with Crippen LogP contribution in [0, 0.1) is 5.92 Å². The van der Waals surface area contributed by atoms with Gasteiger partial charge in [0.25, 0.3) is 0 Å². The van der Waals surface area contributed by atoms with Crippen LogP contribution in [0.25, 0.3) is 0 Å². The van der Waals surface area contributed by atoms with E-state index in [9.17, 15) is 31.1 Å². The quantitative estimate of drug-likeness (QED) is 0.558. The minimum absolute atomic E-state index is 0.147. The molecule has 0 spiro atoms. The Hall–Kier alpha value is -0.950. The summed E-state index contributed by atoms with van der Waals surface area (Å²) >= 11 is 0. The van der Waals surface area contributed by atoms with Crippen molar-refractivity contribution in [3.8, 4) is 0 Å². The standard InChI is InChI=1S/C7H8F6O2/c1-2-3-15-5(14)4(6(8,9)10)7(11,12)13/h4H,2-3H2,1H3. The molecule has 0 saturated carbocycles. The Morgan fingerprint density at radius 2 is 1.53 bits per heavy atom. The molecule has 90 valence electrons. The van der Waals surface area contributed by atoms with Crippen LogP contribution in [0.1, 0.15) is 13.3 Å². The zero-order valence-electron chi connectivity index (χ0n) is 7.58. The van der Waals surface area contributed by atoms with Crippen molar-refractivity contribution in [2.45, 2.75) is 25.7 Å². The molecule has 0 aromatic rings. The molecule has 15 heavy (non-hydrogen) atoms. The van der Waals surface area contributed by atoms with Crippen LogP contribution >= 0.6 is 0 Å². The summed E-state index contributed by atoms with van der Waals surface area (Å²) in [4.78, 5) is 10.5. The molecular formula is C7H8F6O2. The predicted octanol–water partition coefficient (Wildman–Crippen LogP) is 2.68. The van der Waals surface area contributed by atoms with Gasteiger partial charge < -0.3 is 4.74 Å². The maximum absolute atomic E-state index is 11.9. The van der Waals surface area contributed by atoms with Crippen LogP contribution in [-0.2, 0) is 9.53 Å². The van der Waals surface area contributed by atoms with Gasteiger partial charge >= 0.3 is 18.3 Å². The van der Waals surface area contributed by atoms with E-state index < -0.39 is 30.8 Å². The second kappa shape index (κ2) is 4.71. The number of hydrogen-bond acceptors (Lipinski definition) is 2. The molecular weight excluding hydrogens is 230 g/mol. The van der Waals surface area contributed by atoms with Crippen LogP contribution in [-0.4, -0.2) is 24.9 Å².